The molecule has 1 N–H and O–H groups in total. The van der Waals surface area contributed by atoms with Crippen molar-refractivity contribution in [3.05, 3.63) is 0 Å². The average Bonchev–Trinajstić information content (AvgIpc) is 2.52. The number of likely N-dealkylation sites (tertiary alicyclic amines) is 1. The fraction of sp³-hybridized carbons (Fsp3) is 0.952. The standard InChI is InChI=1S/C21H38N2O/c1-20-9-6-10-21(2,17-20)16-18(15-20)7-8-19(24)22-11-14-23-12-4-3-5-13-23/h18H,3-17H2,1-2H3,(H,22,24). The Morgan fingerprint density at radius 1 is 1.04 bits per heavy atom. The fourth-order valence-corrected chi connectivity index (χ4v) is 6.13. The molecule has 2 aliphatic carbocycles. The van der Waals surface area contributed by atoms with Crippen LogP contribution in [0.5, 0.6) is 0 Å². The number of amides is 1. The van der Waals surface area contributed by atoms with Gasteiger partial charge < -0.3 is 10.2 Å². The molecule has 3 nitrogen and oxygen atoms in total. The van der Waals surface area contributed by atoms with E-state index in [0.29, 0.717) is 10.8 Å². The van der Waals surface area contributed by atoms with E-state index >= 15 is 0 Å². The number of hydrogen-bond acceptors (Lipinski definition) is 2. The molecular weight excluding hydrogens is 296 g/mol. The van der Waals surface area contributed by atoms with Gasteiger partial charge in [0.15, 0.2) is 0 Å². The minimum absolute atomic E-state index is 0.276. The molecule has 0 aromatic carbocycles. The van der Waals surface area contributed by atoms with Crippen molar-refractivity contribution in [2.24, 2.45) is 16.7 Å². The average molecular weight is 335 g/mol. The Kier molecular flexibility index (Phi) is 5.89. The Morgan fingerprint density at radius 2 is 1.71 bits per heavy atom. The molecule has 0 aromatic rings. The second-order valence-electron chi connectivity index (χ2n) is 9.72. The lowest BCUT2D eigenvalue weighted by atomic mass is 9.53. The Morgan fingerprint density at radius 3 is 2.38 bits per heavy atom. The minimum atomic E-state index is 0.276. The molecule has 1 saturated heterocycles. The van der Waals surface area contributed by atoms with Crippen molar-refractivity contribution in [3.63, 3.8) is 0 Å². The number of hydrogen-bond donors (Lipinski definition) is 1. The smallest absolute Gasteiger partial charge is 0.220 e. The highest BCUT2D eigenvalue weighted by molar-refractivity contribution is 5.75. The first-order valence-corrected chi connectivity index (χ1v) is 10.5. The molecule has 0 radical (unpaired) electrons. The van der Waals surface area contributed by atoms with Crippen molar-refractivity contribution < 1.29 is 4.79 Å². The molecule has 3 aliphatic rings. The monoisotopic (exact) mass is 334 g/mol. The van der Waals surface area contributed by atoms with Gasteiger partial charge in [-0.25, -0.2) is 0 Å². The van der Waals surface area contributed by atoms with Crippen molar-refractivity contribution >= 4 is 5.91 Å². The third kappa shape index (κ3) is 4.97. The summed E-state index contributed by atoms with van der Waals surface area (Å²) in [5.74, 6) is 1.04. The number of rotatable bonds is 6. The number of carbonyl (C=O) groups is 1. The van der Waals surface area contributed by atoms with Gasteiger partial charge in [0.25, 0.3) is 0 Å². The number of piperidine rings is 1. The van der Waals surface area contributed by atoms with Gasteiger partial charge in [0.2, 0.25) is 5.91 Å². The molecule has 3 rings (SSSR count). The molecule has 2 saturated carbocycles. The predicted octanol–water partition coefficient (Wildman–Crippen LogP) is 4.37. The predicted molar refractivity (Wildman–Crippen MR) is 99.9 cm³/mol. The van der Waals surface area contributed by atoms with E-state index in [1.807, 2.05) is 0 Å². The van der Waals surface area contributed by atoms with Crippen LogP contribution in [0.2, 0.25) is 0 Å². The van der Waals surface area contributed by atoms with Crippen LogP contribution < -0.4 is 5.32 Å². The Labute approximate surface area is 148 Å². The van der Waals surface area contributed by atoms with Crippen LogP contribution in [0.3, 0.4) is 0 Å². The number of fused-ring (bicyclic) bond motifs is 2. The Balaban J connectivity index is 1.35. The molecule has 1 amide bonds. The van der Waals surface area contributed by atoms with Crippen molar-refractivity contribution in [1.29, 1.82) is 0 Å². The van der Waals surface area contributed by atoms with E-state index in [0.717, 1.165) is 31.8 Å². The molecule has 3 fully saturated rings. The third-order valence-electron chi connectivity index (χ3n) is 6.96. The zero-order chi connectivity index (χ0) is 17.0. The molecule has 3 heteroatoms. The molecule has 138 valence electrons. The van der Waals surface area contributed by atoms with Crippen LogP contribution in [0, 0.1) is 16.7 Å². The van der Waals surface area contributed by atoms with Gasteiger partial charge in [-0.05, 0) is 81.2 Å². The van der Waals surface area contributed by atoms with E-state index in [1.165, 1.54) is 70.9 Å². The summed E-state index contributed by atoms with van der Waals surface area (Å²) in [6.07, 6.45) is 14.2. The first-order chi connectivity index (χ1) is 11.5. The van der Waals surface area contributed by atoms with Gasteiger partial charge in [-0.2, -0.15) is 0 Å². The summed E-state index contributed by atoms with van der Waals surface area (Å²) in [6, 6.07) is 0. The highest BCUT2D eigenvalue weighted by Crippen LogP contribution is 2.57. The lowest BCUT2D eigenvalue weighted by Crippen LogP contribution is -2.41. The van der Waals surface area contributed by atoms with Crippen LogP contribution in [-0.2, 0) is 4.79 Å². The van der Waals surface area contributed by atoms with Crippen molar-refractivity contribution in [2.45, 2.75) is 84.5 Å². The van der Waals surface area contributed by atoms with Crippen LogP contribution in [0.15, 0.2) is 0 Å². The normalized spacial score (nSPS) is 37.2. The Hall–Kier alpha value is -0.570. The second kappa shape index (κ2) is 7.76. The Bertz CT molecular complexity index is 414. The summed E-state index contributed by atoms with van der Waals surface area (Å²) in [7, 11) is 0. The maximum atomic E-state index is 12.2. The van der Waals surface area contributed by atoms with Crippen LogP contribution in [0.4, 0.5) is 0 Å². The van der Waals surface area contributed by atoms with E-state index < -0.39 is 0 Å². The van der Waals surface area contributed by atoms with Crippen molar-refractivity contribution in [1.82, 2.24) is 10.2 Å². The first-order valence-electron chi connectivity index (χ1n) is 10.5. The minimum Gasteiger partial charge on any atom is -0.355 e. The van der Waals surface area contributed by atoms with Gasteiger partial charge in [-0.15, -0.1) is 0 Å². The summed E-state index contributed by atoms with van der Waals surface area (Å²) in [5, 5.41) is 3.16. The molecule has 0 aromatic heterocycles. The highest BCUT2D eigenvalue weighted by atomic mass is 16.1. The van der Waals surface area contributed by atoms with E-state index in [9.17, 15) is 4.79 Å². The van der Waals surface area contributed by atoms with E-state index in [-0.39, 0.29) is 5.91 Å². The second-order valence-corrected chi connectivity index (χ2v) is 9.72. The van der Waals surface area contributed by atoms with Gasteiger partial charge in [-0.3, -0.25) is 4.79 Å². The third-order valence-corrected chi connectivity index (χ3v) is 6.96. The lowest BCUT2D eigenvalue weighted by Gasteiger charge is -2.52. The zero-order valence-corrected chi connectivity index (χ0v) is 16.0. The summed E-state index contributed by atoms with van der Waals surface area (Å²) >= 11 is 0. The van der Waals surface area contributed by atoms with Gasteiger partial charge in [0.1, 0.15) is 0 Å². The molecule has 1 heterocycles. The number of nitrogens with one attached hydrogen (secondary N) is 1. The number of nitrogens with zero attached hydrogens (tertiary/aromatic N) is 1. The van der Waals surface area contributed by atoms with Crippen molar-refractivity contribution in [2.75, 3.05) is 26.2 Å². The fourth-order valence-electron chi connectivity index (χ4n) is 6.13. The molecule has 0 spiro atoms. The van der Waals surface area contributed by atoms with Crippen LogP contribution in [0.25, 0.3) is 0 Å². The van der Waals surface area contributed by atoms with Gasteiger partial charge >= 0.3 is 0 Å². The summed E-state index contributed by atoms with van der Waals surface area (Å²) in [5.41, 5.74) is 1.11. The maximum Gasteiger partial charge on any atom is 0.220 e. The van der Waals surface area contributed by atoms with E-state index in [4.69, 9.17) is 0 Å². The summed E-state index contributed by atoms with van der Waals surface area (Å²) in [6.45, 7) is 9.29. The van der Waals surface area contributed by atoms with Gasteiger partial charge in [-0.1, -0.05) is 26.7 Å². The summed E-state index contributed by atoms with van der Waals surface area (Å²) < 4.78 is 0. The maximum absolute atomic E-state index is 12.2. The molecular formula is C21H38N2O. The summed E-state index contributed by atoms with van der Waals surface area (Å²) in [4.78, 5) is 14.7. The lowest BCUT2D eigenvalue weighted by molar-refractivity contribution is -0.121. The highest BCUT2D eigenvalue weighted by Gasteiger charge is 2.45. The SMILES string of the molecule is CC12CCCC(C)(CC(CCC(=O)NCCN3CCCCC3)C1)C2. The zero-order valence-electron chi connectivity index (χ0n) is 16.0. The molecule has 2 bridgehead atoms. The van der Waals surface area contributed by atoms with Crippen LogP contribution in [-0.4, -0.2) is 37.0 Å². The van der Waals surface area contributed by atoms with Crippen LogP contribution in [0.1, 0.15) is 84.5 Å². The number of carbonyl (C=O) groups excluding carboxylic acids is 1. The molecule has 2 atom stereocenters. The first kappa shape index (κ1) is 18.2. The van der Waals surface area contributed by atoms with E-state index in [2.05, 4.69) is 24.1 Å². The van der Waals surface area contributed by atoms with Crippen LogP contribution >= 0.6 is 0 Å². The topological polar surface area (TPSA) is 32.3 Å². The quantitative estimate of drug-likeness (QED) is 0.782. The molecule has 1 aliphatic heterocycles. The largest absolute Gasteiger partial charge is 0.355 e. The van der Waals surface area contributed by atoms with E-state index in [1.54, 1.807) is 0 Å². The molecule has 2 unspecified atom stereocenters. The van der Waals surface area contributed by atoms with Gasteiger partial charge in [0.05, 0.1) is 0 Å². The van der Waals surface area contributed by atoms with Crippen molar-refractivity contribution in [3.8, 4) is 0 Å². The van der Waals surface area contributed by atoms with Gasteiger partial charge in [0, 0.05) is 19.5 Å². The molecule has 24 heavy (non-hydrogen) atoms.